The van der Waals surface area contributed by atoms with Gasteiger partial charge in [0.05, 0.1) is 5.25 Å². The van der Waals surface area contributed by atoms with Crippen molar-refractivity contribution in [2.45, 2.75) is 38.4 Å². The normalized spacial score (nSPS) is 19.8. The van der Waals surface area contributed by atoms with E-state index in [1.807, 2.05) is 0 Å². The van der Waals surface area contributed by atoms with Gasteiger partial charge >= 0.3 is 0 Å². The van der Waals surface area contributed by atoms with Crippen molar-refractivity contribution in [1.82, 2.24) is 4.72 Å². The number of alkyl halides is 1. The Balaban J connectivity index is 2.23. The van der Waals surface area contributed by atoms with Crippen LogP contribution in [0.4, 0.5) is 0 Å². The maximum absolute atomic E-state index is 11.9. The van der Waals surface area contributed by atoms with Crippen LogP contribution in [0.2, 0.25) is 0 Å². The largest absolute Gasteiger partial charge is 0.287 e. The zero-order chi connectivity index (χ0) is 13.3. The second-order valence-electron chi connectivity index (χ2n) is 4.94. The second kappa shape index (κ2) is 5.10. The molecular formula is C13H18ClNO2S. The number of hydrogen-bond acceptors (Lipinski definition) is 2. The van der Waals surface area contributed by atoms with E-state index in [9.17, 15) is 8.42 Å². The van der Waals surface area contributed by atoms with Gasteiger partial charge in [0.1, 0.15) is 0 Å². The lowest BCUT2D eigenvalue weighted by molar-refractivity contribution is 0.578. The maximum atomic E-state index is 11.9. The zero-order valence-corrected chi connectivity index (χ0v) is 12.2. The molecule has 0 amide bonds. The van der Waals surface area contributed by atoms with Crippen LogP contribution >= 0.6 is 11.6 Å². The van der Waals surface area contributed by atoms with Gasteiger partial charge in [0.15, 0.2) is 0 Å². The molecule has 0 radical (unpaired) electrons. The molecule has 3 nitrogen and oxygen atoms in total. The Morgan fingerprint density at radius 1 is 1.39 bits per heavy atom. The minimum absolute atomic E-state index is 0.406. The highest BCUT2D eigenvalue weighted by Crippen LogP contribution is 2.36. The molecule has 0 heterocycles. The van der Waals surface area contributed by atoms with Crippen molar-refractivity contribution in [1.29, 1.82) is 0 Å². The van der Waals surface area contributed by atoms with Gasteiger partial charge in [-0.25, -0.2) is 8.42 Å². The number of hydrogen-bond donors (Lipinski definition) is 1. The van der Waals surface area contributed by atoms with Crippen molar-refractivity contribution in [3.8, 4) is 0 Å². The van der Waals surface area contributed by atoms with Crippen LogP contribution in [0.5, 0.6) is 0 Å². The molecule has 2 rings (SSSR count). The van der Waals surface area contributed by atoms with Gasteiger partial charge in [0, 0.05) is 11.6 Å². The van der Waals surface area contributed by atoms with E-state index in [1.54, 1.807) is 13.8 Å². The van der Waals surface area contributed by atoms with Gasteiger partial charge in [-0.1, -0.05) is 12.2 Å². The smallest absolute Gasteiger partial charge is 0.234 e. The van der Waals surface area contributed by atoms with Crippen molar-refractivity contribution < 1.29 is 8.42 Å². The standard InChI is InChI=1S/C13H18ClNO2S/c1-9(2)18(16,17)15-13-6-4-11-7-10(8-14)3-5-12(11)13/h3,7,9,15H,4-6,8H2,1-2H3. The Bertz CT molecular complexity index is 541. The summed E-state index contributed by atoms with van der Waals surface area (Å²) in [4.78, 5) is 0. The third kappa shape index (κ3) is 2.64. The molecule has 0 bridgehead atoms. The van der Waals surface area contributed by atoms with Crippen molar-refractivity contribution in [2.75, 3.05) is 5.88 Å². The number of allylic oxidation sites excluding steroid dienone is 6. The molecule has 0 fully saturated rings. The maximum Gasteiger partial charge on any atom is 0.234 e. The number of halogens is 1. The van der Waals surface area contributed by atoms with Crippen molar-refractivity contribution in [3.05, 3.63) is 34.6 Å². The molecule has 1 N–H and O–H groups in total. The fourth-order valence-corrected chi connectivity index (χ4v) is 3.17. The summed E-state index contributed by atoms with van der Waals surface area (Å²) >= 11 is 5.81. The zero-order valence-electron chi connectivity index (χ0n) is 10.7. The Labute approximate surface area is 114 Å². The van der Waals surface area contributed by atoms with Gasteiger partial charge < -0.3 is 0 Å². The minimum atomic E-state index is -3.23. The summed E-state index contributed by atoms with van der Waals surface area (Å²) in [7, 11) is -3.23. The van der Waals surface area contributed by atoms with Crippen LogP contribution in [0, 0.1) is 0 Å². The summed E-state index contributed by atoms with van der Waals surface area (Å²) in [5.74, 6) is 0.518. The quantitative estimate of drug-likeness (QED) is 0.808. The average Bonchev–Trinajstić information content (AvgIpc) is 2.71. The van der Waals surface area contributed by atoms with Crippen LogP contribution in [0.25, 0.3) is 0 Å². The molecule has 18 heavy (non-hydrogen) atoms. The molecule has 0 aromatic carbocycles. The Hall–Kier alpha value is -0.740. The first-order valence-corrected chi connectivity index (χ1v) is 8.21. The van der Waals surface area contributed by atoms with Crippen LogP contribution in [-0.2, 0) is 10.0 Å². The van der Waals surface area contributed by atoms with E-state index in [2.05, 4.69) is 16.9 Å². The monoisotopic (exact) mass is 287 g/mol. The highest BCUT2D eigenvalue weighted by atomic mass is 35.5. The van der Waals surface area contributed by atoms with Crippen LogP contribution in [0.1, 0.15) is 33.1 Å². The van der Waals surface area contributed by atoms with Gasteiger partial charge in [-0.15, -0.1) is 11.6 Å². The number of nitrogens with one attached hydrogen (secondary N) is 1. The van der Waals surface area contributed by atoms with Gasteiger partial charge in [0.25, 0.3) is 0 Å². The summed E-state index contributed by atoms with van der Waals surface area (Å²) in [5.41, 5.74) is 4.35. The fraction of sp³-hybridized carbons (Fsp3) is 0.538. The van der Waals surface area contributed by atoms with E-state index >= 15 is 0 Å². The van der Waals surface area contributed by atoms with Gasteiger partial charge in [-0.3, -0.25) is 4.72 Å². The molecule has 0 saturated carbocycles. The SMILES string of the molecule is CC(C)S(=O)(=O)NC1=C2CC=C(CCl)C=C2CC1. The van der Waals surface area contributed by atoms with Gasteiger partial charge in [0.2, 0.25) is 10.0 Å². The molecular weight excluding hydrogens is 270 g/mol. The third-order valence-corrected chi connectivity index (χ3v) is 5.45. The Kier molecular flexibility index (Phi) is 3.87. The summed E-state index contributed by atoms with van der Waals surface area (Å²) < 4.78 is 26.5. The summed E-state index contributed by atoms with van der Waals surface area (Å²) in [5, 5.41) is -0.406. The lowest BCUT2D eigenvalue weighted by atomic mass is 9.96. The van der Waals surface area contributed by atoms with E-state index in [1.165, 1.54) is 5.57 Å². The second-order valence-corrected chi connectivity index (χ2v) is 7.44. The predicted molar refractivity (Wildman–Crippen MR) is 75.0 cm³/mol. The van der Waals surface area contributed by atoms with Crippen LogP contribution < -0.4 is 4.72 Å². The topological polar surface area (TPSA) is 46.2 Å². The van der Waals surface area contributed by atoms with E-state index in [0.717, 1.165) is 36.1 Å². The first-order chi connectivity index (χ1) is 8.44. The van der Waals surface area contributed by atoms with Crippen LogP contribution in [0.15, 0.2) is 34.6 Å². The van der Waals surface area contributed by atoms with E-state index in [0.29, 0.717) is 5.88 Å². The lowest BCUT2D eigenvalue weighted by Crippen LogP contribution is -2.30. The van der Waals surface area contributed by atoms with Crippen molar-refractivity contribution in [3.63, 3.8) is 0 Å². The average molecular weight is 288 g/mol. The van der Waals surface area contributed by atoms with Crippen molar-refractivity contribution >= 4 is 21.6 Å². The third-order valence-electron chi connectivity index (χ3n) is 3.36. The summed E-state index contributed by atoms with van der Waals surface area (Å²) in [6.45, 7) is 3.37. The first kappa shape index (κ1) is 13.7. The molecule has 0 aromatic heterocycles. The summed E-state index contributed by atoms with van der Waals surface area (Å²) in [6, 6.07) is 0. The molecule has 2 aliphatic rings. The molecule has 0 atom stereocenters. The first-order valence-electron chi connectivity index (χ1n) is 6.13. The number of fused-ring (bicyclic) bond motifs is 1. The van der Waals surface area contributed by atoms with Crippen LogP contribution in [-0.4, -0.2) is 19.5 Å². The van der Waals surface area contributed by atoms with Gasteiger partial charge in [-0.05, 0) is 49.8 Å². The highest BCUT2D eigenvalue weighted by Gasteiger charge is 2.25. The molecule has 0 saturated heterocycles. The number of rotatable bonds is 4. The molecule has 100 valence electrons. The molecule has 0 unspecified atom stereocenters. The Morgan fingerprint density at radius 3 is 2.72 bits per heavy atom. The molecule has 0 aromatic rings. The van der Waals surface area contributed by atoms with Crippen LogP contribution in [0.3, 0.4) is 0 Å². The summed E-state index contributed by atoms with van der Waals surface area (Å²) in [6.07, 6.45) is 6.61. The molecule has 0 aliphatic heterocycles. The predicted octanol–water partition coefficient (Wildman–Crippen LogP) is 2.86. The minimum Gasteiger partial charge on any atom is -0.287 e. The Morgan fingerprint density at radius 2 is 2.11 bits per heavy atom. The lowest BCUT2D eigenvalue weighted by Gasteiger charge is -2.15. The van der Waals surface area contributed by atoms with Crippen molar-refractivity contribution in [2.24, 2.45) is 0 Å². The molecule has 5 heteroatoms. The van der Waals surface area contributed by atoms with E-state index in [4.69, 9.17) is 11.6 Å². The number of sulfonamides is 1. The molecule has 2 aliphatic carbocycles. The highest BCUT2D eigenvalue weighted by molar-refractivity contribution is 7.90. The van der Waals surface area contributed by atoms with Gasteiger partial charge in [-0.2, -0.15) is 0 Å². The fourth-order valence-electron chi connectivity index (χ4n) is 2.18. The molecule has 0 spiro atoms. The van der Waals surface area contributed by atoms with E-state index < -0.39 is 15.3 Å². The van der Waals surface area contributed by atoms with E-state index in [-0.39, 0.29) is 0 Å².